The molecule has 0 atom stereocenters. The number of carbonyl (C=O) groups excluding carboxylic acids is 2. The van der Waals surface area contributed by atoms with E-state index in [9.17, 15) is 9.59 Å². The summed E-state index contributed by atoms with van der Waals surface area (Å²) in [6.45, 7) is -0.172. The van der Waals surface area contributed by atoms with Gasteiger partial charge in [0.1, 0.15) is 5.75 Å². The van der Waals surface area contributed by atoms with Gasteiger partial charge in [-0.05, 0) is 35.9 Å². The number of anilines is 1. The molecule has 3 aromatic rings. The van der Waals surface area contributed by atoms with Crippen molar-refractivity contribution in [1.82, 2.24) is 0 Å². The number of fused-ring (bicyclic) bond motifs is 2. The highest BCUT2D eigenvalue weighted by atomic mass is 16.7. The molecule has 2 aliphatic rings. The summed E-state index contributed by atoms with van der Waals surface area (Å²) in [5.74, 6) is 1.31. The van der Waals surface area contributed by atoms with Gasteiger partial charge in [-0.1, -0.05) is 12.1 Å². The lowest BCUT2D eigenvalue weighted by Crippen LogP contribution is -2.09. The zero-order chi connectivity index (χ0) is 27.5. The second-order valence-corrected chi connectivity index (χ2v) is 8.19. The molecule has 3 aromatic carbocycles. The highest BCUT2D eigenvalue weighted by Crippen LogP contribution is 2.56. The predicted molar refractivity (Wildman–Crippen MR) is 139 cm³/mol. The largest absolute Gasteiger partial charge is 0.495 e. The lowest BCUT2D eigenvalue weighted by atomic mass is 9.91. The molecule has 0 radical (unpaired) electrons. The van der Waals surface area contributed by atoms with Crippen molar-refractivity contribution in [3.05, 3.63) is 53.6 Å². The van der Waals surface area contributed by atoms with Crippen molar-refractivity contribution >= 4 is 23.6 Å². The summed E-state index contributed by atoms with van der Waals surface area (Å²) in [6.07, 6.45) is 2.91. The van der Waals surface area contributed by atoms with Crippen LogP contribution in [0.15, 0.2) is 42.5 Å². The fraction of sp³-hybridized carbons (Fsp3) is 0.214. The molecule has 1 N–H and O–H groups in total. The van der Waals surface area contributed by atoms with Crippen molar-refractivity contribution in [1.29, 1.82) is 0 Å². The van der Waals surface area contributed by atoms with Crippen LogP contribution in [-0.4, -0.2) is 53.9 Å². The van der Waals surface area contributed by atoms with Crippen molar-refractivity contribution in [2.24, 2.45) is 0 Å². The normalized spacial score (nSPS) is 12.8. The number of ether oxygens (including phenoxy) is 8. The summed E-state index contributed by atoms with van der Waals surface area (Å²) in [6, 6.07) is 10.2. The third-order valence-corrected chi connectivity index (χ3v) is 6.12. The molecule has 11 nitrogen and oxygen atoms in total. The Hall–Kier alpha value is -5.06. The van der Waals surface area contributed by atoms with Crippen LogP contribution in [-0.2, 0) is 9.53 Å². The average molecular weight is 536 g/mol. The molecule has 5 rings (SSSR count). The lowest BCUT2D eigenvalue weighted by molar-refractivity contribution is -0.111. The van der Waals surface area contributed by atoms with Gasteiger partial charge in [0.05, 0.1) is 39.7 Å². The fourth-order valence-electron chi connectivity index (χ4n) is 4.39. The van der Waals surface area contributed by atoms with Gasteiger partial charge in [-0.15, -0.1) is 0 Å². The van der Waals surface area contributed by atoms with Gasteiger partial charge in [0.15, 0.2) is 23.0 Å². The minimum absolute atomic E-state index is 0.0800. The number of methoxy groups -OCH3 is 4. The third-order valence-electron chi connectivity index (χ3n) is 6.12. The molecule has 0 saturated carbocycles. The van der Waals surface area contributed by atoms with E-state index in [1.165, 1.54) is 40.6 Å². The summed E-state index contributed by atoms with van der Waals surface area (Å²) >= 11 is 0. The van der Waals surface area contributed by atoms with E-state index in [1.807, 2.05) is 0 Å². The number of benzene rings is 3. The van der Waals surface area contributed by atoms with Crippen molar-refractivity contribution in [3.63, 3.8) is 0 Å². The van der Waals surface area contributed by atoms with E-state index in [1.54, 1.807) is 36.4 Å². The van der Waals surface area contributed by atoms with Crippen LogP contribution < -0.4 is 38.5 Å². The van der Waals surface area contributed by atoms with E-state index in [4.69, 9.17) is 37.9 Å². The fourth-order valence-corrected chi connectivity index (χ4v) is 4.39. The molecule has 2 heterocycles. The maximum Gasteiger partial charge on any atom is 0.338 e. The minimum atomic E-state index is -0.645. The molecule has 0 saturated heterocycles. The number of carbonyl (C=O) groups is 2. The van der Waals surface area contributed by atoms with Gasteiger partial charge in [0.2, 0.25) is 31.0 Å². The van der Waals surface area contributed by atoms with Crippen LogP contribution in [0.25, 0.3) is 17.2 Å². The zero-order valence-corrected chi connectivity index (χ0v) is 21.6. The van der Waals surface area contributed by atoms with Crippen LogP contribution in [0.1, 0.15) is 15.9 Å². The maximum absolute atomic E-state index is 13.0. The number of para-hydroxylation sites is 2. The van der Waals surface area contributed by atoms with Crippen molar-refractivity contribution in [2.45, 2.75) is 0 Å². The summed E-state index contributed by atoms with van der Waals surface area (Å²) in [5, 5.41) is 2.79. The smallest absolute Gasteiger partial charge is 0.338 e. The van der Waals surface area contributed by atoms with Gasteiger partial charge in [0, 0.05) is 17.2 Å². The van der Waals surface area contributed by atoms with E-state index in [2.05, 4.69) is 5.32 Å². The highest BCUT2D eigenvalue weighted by molar-refractivity contribution is 6.06. The molecule has 0 bridgehead atoms. The monoisotopic (exact) mass is 535 g/mol. The molecule has 0 aromatic heterocycles. The van der Waals surface area contributed by atoms with Crippen LogP contribution >= 0.6 is 0 Å². The third kappa shape index (κ3) is 4.58. The van der Waals surface area contributed by atoms with Crippen molar-refractivity contribution in [2.75, 3.05) is 47.3 Å². The quantitative estimate of drug-likeness (QED) is 0.331. The zero-order valence-electron chi connectivity index (χ0n) is 21.6. The van der Waals surface area contributed by atoms with Gasteiger partial charge in [-0.2, -0.15) is 0 Å². The second kappa shape index (κ2) is 10.7. The Labute approximate surface area is 223 Å². The van der Waals surface area contributed by atoms with Gasteiger partial charge < -0.3 is 43.2 Å². The number of nitrogens with one attached hydrogen (secondary N) is 1. The first-order valence-corrected chi connectivity index (χ1v) is 11.7. The van der Waals surface area contributed by atoms with E-state index in [0.29, 0.717) is 56.9 Å². The van der Waals surface area contributed by atoms with Gasteiger partial charge in [-0.3, -0.25) is 4.79 Å². The minimum Gasteiger partial charge on any atom is -0.495 e. The van der Waals surface area contributed by atoms with Gasteiger partial charge in [-0.25, -0.2) is 4.79 Å². The number of rotatable bonds is 8. The van der Waals surface area contributed by atoms with E-state index >= 15 is 0 Å². The molecule has 0 fully saturated rings. The molecule has 39 heavy (non-hydrogen) atoms. The van der Waals surface area contributed by atoms with Crippen LogP contribution in [0.3, 0.4) is 0 Å². The Morgan fingerprint density at radius 2 is 1.36 bits per heavy atom. The second-order valence-electron chi connectivity index (χ2n) is 8.19. The molecular weight excluding hydrogens is 510 g/mol. The molecular formula is C28H25NO10. The van der Waals surface area contributed by atoms with Crippen LogP contribution in [0.4, 0.5) is 5.69 Å². The van der Waals surface area contributed by atoms with Crippen LogP contribution in [0.2, 0.25) is 0 Å². The molecule has 11 heteroatoms. The number of esters is 1. The molecule has 2 aliphatic heterocycles. The molecule has 0 unspecified atom stereocenters. The predicted octanol–water partition coefficient (Wildman–Crippen LogP) is 4.28. The first kappa shape index (κ1) is 25.6. The van der Waals surface area contributed by atoms with Crippen LogP contribution in [0, 0.1) is 0 Å². The standard InChI is InChI=1S/C28H25NO10/c1-32-18-8-6-5-7-17(18)29-21(30)10-9-15-11-19(33-2)24-26(38-13-36-24)22(15)23-16(28(31)35-4)12-20(34-3)25-27(23)39-14-37-25/h5-12H,13-14H2,1-4H3,(H,29,30)/b10-9+. The Kier molecular flexibility index (Phi) is 7.04. The summed E-state index contributed by atoms with van der Waals surface area (Å²) in [5.41, 5.74) is 1.84. The average Bonchev–Trinajstić information content (AvgIpc) is 3.65. The van der Waals surface area contributed by atoms with Crippen LogP contribution in [0.5, 0.6) is 40.2 Å². The number of hydrogen-bond acceptors (Lipinski definition) is 10. The summed E-state index contributed by atoms with van der Waals surface area (Å²) < 4.78 is 44.3. The molecule has 0 spiro atoms. The summed E-state index contributed by atoms with van der Waals surface area (Å²) in [4.78, 5) is 25.9. The van der Waals surface area contributed by atoms with E-state index in [-0.39, 0.29) is 24.9 Å². The number of amides is 1. The lowest BCUT2D eigenvalue weighted by Gasteiger charge is -2.18. The van der Waals surface area contributed by atoms with E-state index in [0.717, 1.165) is 0 Å². The topological polar surface area (TPSA) is 120 Å². The van der Waals surface area contributed by atoms with Crippen molar-refractivity contribution < 1.29 is 47.5 Å². The SMILES string of the molecule is COC(=O)c1cc(OC)c2c(c1-c1c(/C=C/C(=O)Nc3ccccc3OC)cc(OC)c3c1OCO3)OCO2. The first-order valence-electron chi connectivity index (χ1n) is 11.7. The molecule has 1 amide bonds. The molecule has 202 valence electrons. The Bertz CT molecular complexity index is 1480. The highest BCUT2D eigenvalue weighted by Gasteiger charge is 2.35. The van der Waals surface area contributed by atoms with Gasteiger partial charge in [0.25, 0.3) is 0 Å². The van der Waals surface area contributed by atoms with Crippen molar-refractivity contribution in [3.8, 4) is 51.4 Å². The Balaban J connectivity index is 1.68. The molecule has 0 aliphatic carbocycles. The van der Waals surface area contributed by atoms with E-state index < -0.39 is 11.9 Å². The first-order chi connectivity index (χ1) is 19.0. The summed E-state index contributed by atoms with van der Waals surface area (Å²) in [7, 11) is 5.73. The number of hydrogen-bond donors (Lipinski definition) is 1. The Morgan fingerprint density at radius 1 is 0.769 bits per heavy atom. The maximum atomic E-state index is 13.0. The van der Waals surface area contributed by atoms with Gasteiger partial charge >= 0.3 is 5.97 Å². The Morgan fingerprint density at radius 3 is 2.00 bits per heavy atom.